The molecule has 7 heteroatoms. The molecule has 5 rings (SSSR count). The van der Waals surface area contributed by atoms with Gasteiger partial charge in [-0.05, 0) is 11.6 Å². The topological polar surface area (TPSA) is 72.9 Å². The maximum Gasteiger partial charge on any atom is 0.200 e. The minimum atomic E-state index is -0.150. The highest BCUT2D eigenvalue weighted by Gasteiger charge is 2.20. The van der Waals surface area contributed by atoms with Crippen molar-refractivity contribution in [3.63, 3.8) is 0 Å². The van der Waals surface area contributed by atoms with E-state index < -0.39 is 0 Å². The average Bonchev–Trinajstić information content (AvgIpc) is 3.42. The summed E-state index contributed by atoms with van der Waals surface area (Å²) in [4.78, 5) is 4.58. The zero-order valence-corrected chi connectivity index (χ0v) is 15.8. The van der Waals surface area contributed by atoms with Crippen LogP contribution >= 0.6 is 0 Å². The number of anilines is 1. The highest BCUT2D eigenvalue weighted by atomic mass is 15.3. The third-order valence-electron chi connectivity index (χ3n) is 4.89. The molecule has 0 amide bonds. The van der Waals surface area contributed by atoms with Gasteiger partial charge in [0.25, 0.3) is 0 Å². The largest absolute Gasteiger partial charge is 0.368 e. The summed E-state index contributed by atoms with van der Waals surface area (Å²) in [6.45, 7) is 0. The van der Waals surface area contributed by atoms with Crippen LogP contribution in [0, 0.1) is 0 Å². The van der Waals surface area contributed by atoms with E-state index in [2.05, 4.69) is 37.7 Å². The van der Waals surface area contributed by atoms with E-state index in [4.69, 9.17) is 0 Å². The predicted octanol–water partition coefficient (Wildman–Crippen LogP) is 3.73. The van der Waals surface area contributed by atoms with Crippen LogP contribution < -0.4 is 5.32 Å². The van der Waals surface area contributed by atoms with E-state index in [-0.39, 0.29) is 6.04 Å². The Morgan fingerprint density at radius 1 is 0.966 bits per heavy atom. The molecule has 0 radical (unpaired) electrons. The summed E-state index contributed by atoms with van der Waals surface area (Å²) in [5.41, 5.74) is 4.48. The van der Waals surface area contributed by atoms with Crippen molar-refractivity contribution in [2.24, 2.45) is 7.05 Å². The normalized spacial score (nSPS) is 12.2. The smallest absolute Gasteiger partial charge is 0.200 e. The molecule has 1 unspecified atom stereocenters. The van der Waals surface area contributed by atoms with E-state index in [0.29, 0.717) is 5.65 Å². The molecule has 3 aromatic heterocycles. The molecule has 2 aromatic carbocycles. The standard InChI is InChI=1S/C22H19N7/c1-28-13-12-23-22(28)20(17-10-6-3-7-11-17)25-19-14-18(16-8-4-2-5-9-16)27-29-15-24-26-21(19)29/h2-15,20,25H,1H3. The molecule has 3 heterocycles. The first-order chi connectivity index (χ1) is 14.3. The first-order valence-corrected chi connectivity index (χ1v) is 9.35. The van der Waals surface area contributed by atoms with Gasteiger partial charge in [0.1, 0.15) is 18.2 Å². The van der Waals surface area contributed by atoms with Crippen LogP contribution in [0.2, 0.25) is 0 Å². The molecule has 29 heavy (non-hydrogen) atoms. The Kier molecular flexibility index (Phi) is 4.25. The quantitative estimate of drug-likeness (QED) is 0.502. The summed E-state index contributed by atoms with van der Waals surface area (Å²) < 4.78 is 3.72. The lowest BCUT2D eigenvalue weighted by Gasteiger charge is -2.21. The Hall–Kier alpha value is -4.00. The van der Waals surface area contributed by atoms with Crippen molar-refractivity contribution < 1.29 is 0 Å². The minimum absolute atomic E-state index is 0.150. The van der Waals surface area contributed by atoms with E-state index >= 15 is 0 Å². The number of hydrogen-bond acceptors (Lipinski definition) is 5. The Labute approximate surface area is 167 Å². The van der Waals surface area contributed by atoms with Crippen LogP contribution in [0.25, 0.3) is 16.9 Å². The van der Waals surface area contributed by atoms with Gasteiger partial charge in [-0.25, -0.2) is 4.98 Å². The third-order valence-corrected chi connectivity index (χ3v) is 4.89. The number of nitrogens with zero attached hydrogens (tertiary/aromatic N) is 6. The fourth-order valence-corrected chi connectivity index (χ4v) is 3.44. The number of fused-ring (bicyclic) bond motifs is 1. The molecule has 1 N–H and O–H groups in total. The van der Waals surface area contributed by atoms with Gasteiger partial charge < -0.3 is 9.88 Å². The van der Waals surface area contributed by atoms with Crippen LogP contribution in [0.15, 0.2) is 85.5 Å². The second kappa shape index (κ2) is 7.20. The molecule has 7 nitrogen and oxygen atoms in total. The van der Waals surface area contributed by atoms with Gasteiger partial charge in [0.2, 0.25) is 5.65 Å². The zero-order chi connectivity index (χ0) is 19.6. The van der Waals surface area contributed by atoms with E-state index in [0.717, 1.165) is 28.3 Å². The second-order valence-electron chi connectivity index (χ2n) is 6.79. The molecule has 0 aliphatic heterocycles. The Morgan fingerprint density at radius 2 is 1.72 bits per heavy atom. The van der Waals surface area contributed by atoms with Crippen LogP contribution in [0.1, 0.15) is 17.4 Å². The molecule has 0 saturated heterocycles. The summed E-state index contributed by atoms with van der Waals surface area (Å²) in [7, 11) is 1.99. The summed E-state index contributed by atoms with van der Waals surface area (Å²) in [5.74, 6) is 0.909. The van der Waals surface area contributed by atoms with E-state index in [9.17, 15) is 0 Å². The lowest BCUT2D eigenvalue weighted by molar-refractivity contribution is 0.748. The third kappa shape index (κ3) is 3.23. The van der Waals surface area contributed by atoms with Crippen molar-refractivity contribution in [1.29, 1.82) is 0 Å². The molecule has 0 fully saturated rings. The number of nitrogens with one attached hydrogen (secondary N) is 1. The second-order valence-corrected chi connectivity index (χ2v) is 6.79. The van der Waals surface area contributed by atoms with Gasteiger partial charge in [0, 0.05) is 25.0 Å². The van der Waals surface area contributed by atoms with Crippen molar-refractivity contribution in [2.75, 3.05) is 5.32 Å². The van der Waals surface area contributed by atoms with Gasteiger partial charge >= 0.3 is 0 Å². The van der Waals surface area contributed by atoms with Crippen molar-refractivity contribution in [1.82, 2.24) is 29.4 Å². The zero-order valence-electron chi connectivity index (χ0n) is 15.8. The van der Waals surface area contributed by atoms with Crippen molar-refractivity contribution in [3.8, 4) is 11.3 Å². The predicted molar refractivity (Wildman–Crippen MR) is 111 cm³/mol. The van der Waals surface area contributed by atoms with Gasteiger partial charge in [-0.1, -0.05) is 60.7 Å². The molecule has 1 atom stereocenters. The maximum atomic E-state index is 4.66. The highest BCUT2D eigenvalue weighted by molar-refractivity contribution is 5.74. The van der Waals surface area contributed by atoms with E-state index in [1.54, 1.807) is 10.8 Å². The molecule has 0 aliphatic carbocycles. The van der Waals surface area contributed by atoms with Gasteiger partial charge in [0.15, 0.2) is 0 Å². The first-order valence-electron chi connectivity index (χ1n) is 9.35. The fraction of sp³-hybridized carbons (Fsp3) is 0.0909. The van der Waals surface area contributed by atoms with Crippen LogP contribution in [0.4, 0.5) is 5.69 Å². The number of aryl methyl sites for hydroxylation is 1. The van der Waals surface area contributed by atoms with Crippen molar-refractivity contribution >= 4 is 11.3 Å². The van der Waals surface area contributed by atoms with E-state index in [1.807, 2.05) is 78.6 Å². The summed E-state index contributed by atoms with van der Waals surface area (Å²) in [5, 5.41) is 16.6. The lowest BCUT2D eigenvalue weighted by Crippen LogP contribution is -2.17. The van der Waals surface area contributed by atoms with E-state index in [1.165, 1.54) is 0 Å². The molecule has 5 aromatic rings. The monoisotopic (exact) mass is 381 g/mol. The van der Waals surface area contributed by atoms with Crippen LogP contribution in [-0.2, 0) is 7.05 Å². The number of hydrogen-bond donors (Lipinski definition) is 1. The Balaban J connectivity index is 1.64. The molecule has 0 bridgehead atoms. The summed E-state index contributed by atoms with van der Waals surface area (Å²) in [6, 6.07) is 22.2. The summed E-state index contributed by atoms with van der Waals surface area (Å²) in [6.07, 6.45) is 5.37. The molecule has 0 spiro atoms. The number of aromatic nitrogens is 6. The van der Waals surface area contributed by atoms with Gasteiger partial charge in [-0.15, -0.1) is 10.2 Å². The molecular formula is C22H19N7. The lowest BCUT2D eigenvalue weighted by atomic mass is 10.1. The van der Waals surface area contributed by atoms with Crippen LogP contribution in [0.5, 0.6) is 0 Å². The maximum absolute atomic E-state index is 4.66. The minimum Gasteiger partial charge on any atom is -0.368 e. The molecule has 0 saturated carbocycles. The average molecular weight is 381 g/mol. The Morgan fingerprint density at radius 3 is 2.45 bits per heavy atom. The first kappa shape index (κ1) is 17.1. The number of imidazole rings is 1. The SMILES string of the molecule is Cn1ccnc1C(Nc1cc(-c2ccccc2)nn2cnnc12)c1ccccc1. The number of benzene rings is 2. The fourth-order valence-electron chi connectivity index (χ4n) is 3.44. The highest BCUT2D eigenvalue weighted by Crippen LogP contribution is 2.29. The summed E-state index contributed by atoms with van der Waals surface area (Å²) >= 11 is 0. The molecule has 0 aliphatic rings. The molecule has 142 valence electrons. The van der Waals surface area contributed by atoms with Crippen LogP contribution in [-0.4, -0.2) is 29.4 Å². The molecular weight excluding hydrogens is 362 g/mol. The van der Waals surface area contributed by atoms with Crippen LogP contribution in [0.3, 0.4) is 0 Å². The van der Waals surface area contributed by atoms with Gasteiger partial charge in [0.05, 0.1) is 11.4 Å². The van der Waals surface area contributed by atoms with Gasteiger partial charge in [-0.3, -0.25) is 0 Å². The van der Waals surface area contributed by atoms with Crippen molar-refractivity contribution in [2.45, 2.75) is 6.04 Å². The van der Waals surface area contributed by atoms with Crippen molar-refractivity contribution in [3.05, 3.63) is 96.8 Å². The number of rotatable bonds is 5. The Bertz CT molecular complexity index is 1240. The van der Waals surface area contributed by atoms with Gasteiger partial charge in [-0.2, -0.15) is 9.61 Å².